The van der Waals surface area contributed by atoms with Crippen molar-refractivity contribution >= 4 is 17.4 Å². The first-order valence-corrected chi connectivity index (χ1v) is 6.51. The van der Waals surface area contributed by atoms with Crippen molar-refractivity contribution in [2.75, 3.05) is 10.6 Å². The minimum Gasteiger partial charge on any atom is -0.368 e. The van der Waals surface area contributed by atoms with Crippen LogP contribution in [-0.4, -0.2) is 21.9 Å². The van der Waals surface area contributed by atoms with Crippen molar-refractivity contribution in [3.8, 4) is 0 Å². The van der Waals surface area contributed by atoms with Gasteiger partial charge in [-0.3, -0.25) is 4.79 Å². The Balaban J connectivity index is 2.13. The first-order valence-electron chi connectivity index (χ1n) is 6.51. The van der Waals surface area contributed by atoms with Crippen LogP contribution in [0.1, 0.15) is 29.9 Å². The summed E-state index contributed by atoms with van der Waals surface area (Å²) in [6.07, 6.45) is 1.38. The monoisotopic (exact) mass is 270 g/mol. The number of benzene rings is 1. The topological polar surface area (TPSA) is 66.9 Å². The second-order valence-corrected chi connectivity index (χ2v) is 4.91. The molecule has 20 heavy (non-hydrogen) atoms. The van der Waals surface area contributed by atoms with Gasteiger partial charge < -0.3 is 10.6 Å². The highest BCUT2D eigenvalue weighted by atomic mass is 16.1. The normalized spacial score (nSPS) is 10.4. The quantitative estimate of drug-likeness (QED) is 0.896. The van der Waals surface area contributed by atoms with Gasteiger partial charge in [0, 0.05) is 17.8 Å². The molecule has 1 aromatic heterocycles. The average Bonchev–Trinajstić information content (AvgIpc) is 2.38. The Hall–Kier alpha value is -2.43. The number of carbonyl (C=O) groups excluding carboxylic acids is 1. The fourth-order valence-electron chi connectivity index (χ4n) is 1.77. The summed E-state index contributed by atoms with van der Waals surface area (Å²) in [6, 6.07) is 9.52. The number of carbonyl (C=O) groups is 1. The van der Waals surface area contributed by atoms with E-state index >= 15 is 0 Å². The number of hydrogen-bond donors (Lipinski definition) is 2. The van der Waals surface area contributed by atoms with E-state index in [1.807, 2.05) is 45.0 Å². The van der Waals surface area contributed by atoms with Crippen LogP contribution in [0.25, 0.3) is 0 Å². The van der Waals surface area contributed by atoms with Crippen molar-refractivity contribution in [3.63, 3.8) is 0 Å². The summed E-state index contributed by atoms with van der Waals surface area (Å²) in [6.45, 7) is 5.99. The van der Waals surface area contributed by atoms with E-state index in [1.54, 1.807) is 6.07 Å². The fraction of sp³-hybridized carbons (Fsp3) is 0.267. The molecule has 1 amide bonds. The summed E-state index contributed by atoms with van der Waals surface area (Å²) in [5.41, 5.74) is 2.18. The third-order valence-electron chi connectivity index (χ3n) is 2.61. The summed E-state index contributed by atoms with van der Waals surface area (Å²) >= 11 is 0. The molecule has 104 valence electrons. The van der Waals surface area contributed by atoms with E-state index in [4.69, 9.17) is 0 Å². The largest absolute Gasteiger partial charge is 0.368 e. The third kappa shape index (κ3) is 3.78. The zero-order valence-corrected chi connectivity index (χ0v) is 11.8. The molecule has 0 atom stereocenters. The van der Waals surface area contributed by atoms with Crippen molar-refractivity contribution in [1.29, 1.82) is 0 Å². The van der Waals surface area contributed by atoms with Crippen LogP contribution in [0.2, 0.25) is 0 Å². The fourth-order valence-corrected chi connectivity index (χ4v) is 1.77. The molecule has 0 saturated carbocycles. The summed E-state index contributed by atoms with van der Waals surface area (Å²) in [5.74, 6) is 0.397. The van der Waals surface area contributed by atoms with Crippen molar-refractivity contribution in [2.24, 2.45) is 0 Å². The average molecular weight is 270 g/mol. The molecule has 0 radical (unpaired) electrons. The second-order valence-electron chi connectivity index (χ2n) is 4.91. The minimum atomic E-state index is -0.246. The summed E-state index contributed by atoms with van der Waals surface area (Å²) in [4.78, 5) is 20.2. The van der Waals surface area contributed by atoms with Gasteiger partial charge in [0.05, 0.1) is 0 Å². The molecule has 1 heterocycles. The number of nitrogens with one attached hydrogen (secondary N) is 2. The molecule has 2 N–H and O–H groups in total. The lowest BCUT2D eigenvalue weighted by Crippen LogP contribution is -2.16. The van der Waals surface area contributed by atoms with Gasteiger partial charge in [-0.25, -0.2) is 9.97 Å². The smallest absolute Gasteiger partial charge is 0.274 e. The van der Waals surface area contributed by atoms with Crippen molar-refractivity contribution < 1.29 is 4.79 Å². The number of amides is 1. The predicted molar refractivity (Wildman–Crippen MR) is 79.9 cm³/mol. The number of hydrogen-bond acceptors (Lipinski definition) is 4. The van der Waals surface area contributed by atoms with Crippen LogP contribution in [-0.2, 0) is 0 Å². The van der Waals surface area contributed by atoms with Crippen LogP contribution < -0.4 is 10.6 Å². The molecule has 0 fully saturated rings. The molecule has 0 unspecified atom stereocenters. The van der Waals surface area contributed by atoms with E-state index in [2.05, 4.69) is 20.6 Å². The van der Waals surface area contributed by atoms with Gasteiger partial charge >= 0.3 is 0 Å². The van der Waals surface area contributed by atoms with Crippen LogP contribution in [0.15, 0.2) is 36.7 Å². The van der Waals surface area contributed by atoms with Gasteiger partial charge in [-0.05, 0) is 38.5 Å². The molecule has 5 nitrogen and oxygen atoms in total. The van der Waals surface area contributed by atoms with Gasteiger partial charge in [-0.2, -0.15) is 0 Å². The SMILES string of the molecule is Cc1cccc(NC(=O)c2cc(NC(C)C)ncn2)c1. The highest BCUT2D eigenvalue weighted by Gasteiger charge is 2.09. The third-order valence-corrected chi connectivity index (χ3v) is 2.61. The zero-order valence-electron chi connectivity index (χ0n) is 11.8. The zero-order chi connectivity index (χ0) is 14.5. The van der Waals surface area contributed by atoms with Gasteiger partial charge in [0.1, 0.15) is 17.8 Å². The molecule has 0 aliphatic heterocycles. The molecule has 0 bridgehead atoms. The van der Waals surface area contributed by atoms with E-state index in [9.17, 15) is 4.79 Å². The van der Waals surface area contributed by atoms with Crippen LogP contribution in [0, 0.1) is 6.92 Å². The molecule has 5 heteroatoms. The van der Waals surface area contributed by atoms with Crippen LogP contribution in [0.4, 0.5) is 11.5 Å². The first kappa shape index (κ1) is 14.0. The molecule has 2 aromatic rings. The van der Waals surface area contributed by atoms with Gasteiger partial charge in [0.25, 0.3) is 5.91 Å². The Labute approximate surface area is 118 Å². The van der Waals surface area contributed by atoms with Crippen molar-refractivity contribution in [2.45, 2.75) is 26.8 Å². The van der Waals surface area contributed by atoms with Gasteiger partial charge in [-0.15, -0.1) is 0 Å². The van der Waals surface area contributed by atoms with Crippen LogP contribution >= 0.6 is 0 Å². The minimum absolute atomic E-state index is 0.246. The Morgan fingerprint density at radius 2 is 2.00 bits per heavy atom. The number of aromatic nitrogens is 2. The predicted octanol–water partition coefficient (Wildman–Crippen LogP) is 2.86. The molecule has 0 aliphatic rings. The van der Waals surface area contributed by atoms with E-state index < -0.39 is 0 Å². The lowest BCUT2D eigenvalue weighted by molar-refractivity contribution is 0.102. The van der Waals surface area contributed by atoms with Gasteiger partial charge in [-0.1, -0.05) is 12.1 Å². The van der Waals surface area contributed by atoms with Crippen molar-refractivity contribution in [1.82, 2.24) is 9.97 Å². The van der Waals surface area contributed by atoms with Crippen molar-refractivity contribution in [3.05, 3.63) is 47.9 Å². The molecule has 0 saturated heterocycles. The standard InChI is InChI=1S/C15H18N4O/c1-10(2)18-14-8-13(16-9-17-14)15(20)19-12-6-4-5-11(3)7-12/h4-10H,1-3H3,(H,19,20)(H,16,17,18). The molecular weight excluding hydrogens is 252 g/mol. The van der Waals surface area contributed by atoms with Crippen LogP contribution in [0.5, 0.6) is 0 Å². The molecular formula is C15H18N4O. The maximum Gasteiger partial charge on any atom is 0.274 e. The highest BCUT2D eigenvalue weighted by molar-refractivity contribution is 6.03. The molecule has 2 rings (SSSR count). The number of anilines is 2. The maximum atomic E-state index is 12.1. The van der Waals surface area contributed by atoms with E-state index in [0.29, 0.717) is 11.5 Å². The Morgan fingerprint density at radius 3 is 2.70 bits per heavy atom. The number of rotatable bonds is 4. The lowest BCUT2D eigenvalue weighted by Gasteiger charge is -2.10. The number of nitrogens with zero attached hydrogens (tertiary/aromatic N) is 2. The van der Waals surface area contributed by atoms with E-state index in [-0.39, 0.29) is 11.9 Å². The maximum absolute atomic E-state index is 12.1. The molecule has 1 aromatic carbocycles. The highest BCUT2D eigenvalue weighted by Crippen LogP contribution is 2.12. The Kier molecular flexibility index (Phi) is 4.30. The molecule has 0 spiro atoms. The lowest BCUT2D eigenvalue weighted by atomic mass is 10.2. The number of aryl methyl sites for hydroxylation is 1. The van der Waals surface area contributed by atoms with Gasteiger partial charge in [0.2, 0.25) is 0 Å². The molecule has 0 aliphatic carbocycles. The van der Waals surface area contributed by atoms with E-state index in [0.717, 1.165) is 11.3 Å². The summed E-state index contributed by atoms with van der Waals surface area (Å²) in [5, 5.41) is 5.96. The second kappa shape index (κ2) is 6.14. The summed E-state index contributed by atoms with van der Waals surface area (Å²) in [7, 11) is 0. The Morgan fingerprint density at radius 1 is 1.20 bits per heavy atom. The first-order chi connectivity index (χ1) is 9.54. The Bertz CT molecular complexity index is 610. The summed E-state index contributed by atoms with van der Waals surface area (Å²) < 4.78 is 0. The van der Waals surface area contributed by atoms with Crippen LogP contribution in [0.3, 0.4) is 0 Å². The van der Waals surface area contributed by atoms with Gasteiger partial charge in [0.15, 0.2) is 0 Å². The van der Waals surface area contributed by atoms with E-state index in [1.165, 1.54) is 6.33 Å².